The van der Waals surface area contributed by atoms with E-state index in [9.17, 15) is 4.79 Å². The standard InChI is InChI=1S/C25H31N3O/c1-5-19-9-12-21(13-10-19)28-18(4)26-23-15-20(11-14-24(23)28)25(29)27-22-8-6-7-16(2)17(22)3/h9-17,22H,5-8H2,1-4H3,(H,27,29). The van der Waals surface area contributed by atoms with E-state index in [2.05, 4.69) is 54.9 Å². The Bertz CT molecular complexity index is 1020. The highest BCUT2D eigenvalue weighted by molar-refractivity contribution is 5.97. The number of aromatic nitrogens is 2. The SMILES string of the molecule is CCc1ccc(-n2c(C)nc3cc(C(=O)NC4CCCC(C)C4C)ccc32)cc1. The van der Waals surface area contributed by atoms with Crippen molar-refractivity contribution in [2.75, 3.05) is 0 Å². The van der Waals surface area contributed by atoms with E-state index in [0.717, 1.165) is 35.4 Å². The molecule has 4 rings (SSSR count). The first kappa shape index (κ1) is 19.7. The summed E-state index contributed by atoms with van der Waals surface area (Å²) >= 11 is 0. The summed E-state index contributed by atoms with van der Waals surface area (Å²) in [5.74, 6) is 2.12. The number of rotatable bonds is 4. The molecule has 29 heavy (non-hydrogen) atoms. The van der Waals surface area contributed by atoms with Gasteiger partial charge in [-0.05, 0) is 67.5 Å². The summed E-state index contributed by atoms with van der Waals surface area (Å²) in [6.45, 7) is 8.72. The van der Waals surface area contributed by atoms with Crippen molar-refractivity contribution in [1.82, 2.24) is 14.9 Å². The second-order valence-electron chi connectivity index (χ2n) is 8.57. The third kappa shape index (κ3) is 3.81. The van der Waals surface area contributed by atoms with Crippen LogP contribution in [0.15, 0.2) is 42.5 Å². The van der Waals surface area contributed by atoms with Gasteiger partial charge in [0, 0.05) is 17.3 Å². The maximum atomic E-state index is 12.9. The van der Waals surface area contributed by atoms with E-state index in [4.69, 9.17) is 4.98 Å². The monoisotopic (exact) mass is 389 g/mol. The molecule has 1 aromatic heterocycles. The van der Waals surface area contributed by atoms with Gasteiger partial charge in [0.15, 0.2) is 0 Å². The highest BCUT2D eigenvalue weighted by atomic mass is 16.1. The molecule has 1 aliphatic rings. The number of aryl methyl sites for hydroxylation is 2. The Morgan fingerprint density at radius 2 is 1.90 bits per heavy atom. The van der Waals surface area contributed by atoms with Crippen LogP contribution in [0, 0.1) is 18.8 Å². The van der Waals surface area contributed by atoms with Crippen molar-refractivity contribution in [3.63, 3.8) is 0 Å². The molecule has 3 unspecified atom stereocenters. The molecule has 0 spiro atoms. The average molecular weight is 390 g/mol. The van der Waals surface area contributed by atoms with Gasteiger partial charge in [0.25, 0.3) is 5.91 Å². The van der Waals surface area contributed by atoms with Crippen LogP contribution >= 0.6 is 0 Å². The first-order valence-electron chi connectivity index (χ1n) is 10.9. The number of benzene rings is 2. The van der Waals surface area contributed by atoms with Gasteiger partial charge in [0.1, 0.15) is 5.82 Å². The van der Waals surface area contributed by atoms with Crippen LogP contribution in [0.25, 0.3) is 16.7 Å². The van der Waals surface area contributed by atoms with Crippen molar-refractivity contribution in [3.05, 3.63) is 59.4 Å². The van der Waals surface area contributed by atoms with Crippen LogP contribution in [0.2, 0.25) is 0 Å². The van der Waals surface area contributed by atoms with Crippen molar-refractivity contribution in [2.24, 2.45) is 11.8 Å². The Hall–Kier alpha value is -2.62. The second kappa shape index (κ2) is 8.02. The topological polar surface area (TPSA) is 46.9 Å². The van der Waals surface area contributed by atoms with Crippen LogP contribution in [0.4, 0.5) is 0 Å². The molecule has 1 N–H and O–H groups in total. The molecule has 1 amide bonds. The average Bonchev–Trinajstić information content (AvgIpc) is 3.06. The first-order valence-corrected chi connectivity index (χ1v) is 10.9. The molecular formula is C25H31N3O. The number of amides is 1. The number of imidazole rings is 1. The van der Waals surface area contributed by atoms with E-state index in [1.165, 1.54) is 18.4 Å². The van der Waals surface area contributed by atoms with Crippen LogP contribution in [0.5, 0.6) is 0 Å². The van der Waals surface area contributed by atoms with Crippen molar-refractivity contribution >= 4 is 16.9 Å². The molecule has 0 saturated heterocycles. The Kier molecular flexibility index (Phi) is 5.44. The predicted octanol–water partition coefficient (Wildman–Crippen LogP) is 5.45. The molecule has 1 heterocycles. The fourth-order valence-corrected chi connectivity index (χ4v) is 4.59. The number of fused-ring (bicyclic) bond motifs is 1. The van der Waals surface area contributed by atoms with Crippen LogP contribution in [-0.2, 0) is 6.42 Å². The molecule has 3 atom stereocenters. The summed E-state index contributed by atoms with van der Waals surface area (Å²) in [6, 6.07) is 14.7. The zero-order valence-electron chi connectivity index (χ0n) is 17.9. The van der Waals surface area contributed by atoms with Gasteiger partial charge < -0.3 is 5.32 Å². The van der Waals surface area contributed by atoms with Crippen molar-refractivity contribution < 1.29 is 4.79 Å². The predicted molar refractivity (Wildman–Crippen MR) is 119 cm³/mol. The molecule has 152 valence electrons. The van der Waals surface area contributed by atoms with E-state index in [0.29, 0.717) is 17.4 Å². The molecule has 1 aliphatic carbocycles. The maximum absolute atomic E-state index is 12.9. The Labute approximate surface area is 173 Å². The van der Waals surface area contributed by atoms with Gasteiger partial charge in [-0.25, -0.2) is 4.98 Å². The lowest BCUT2D eigenvalue weighted by Crippen LogP contribution is -2.43. The van der Waals surface area contributed by atoms with Crippen molar-refractivity contribution in [1.29, 1.82) is 0 Å². The third-order valence-corrected chi connectivity index (χ3v) is 6.71. The number of hydrogen-bond acceptors (Lipinski definition) is 2. The Morgan fingerprint density at radius 3 is 2.62 bits per heavy atom. The zero-order chi connectivity index (χ0) is 20.5. The highest BCUT2D eigenvalue weighted by Crippen LogP contribution is 2.30. The molecule has 0 bridgehead atoms. The number of carbonyl (C=O) groups excluding carboxylic acids is 1. The molecule has 1 fully saturated rings. The minimum atomic E-state index is 0.0114. The normalized spacial score (nSPS) is 22.0. The smallest absolute Gasteiger partial charge is 0.251 e. The molecular weight excluding hydrogens is 358 g/mol. The van der Waals surface area contributed by atoms with Crippen molar-refractivity contribution in [2.45, 2.75) is 59.4 Å². The van der Waals surface area contributed by atoms with Crippen LogP contribution in [0.3, 0.4) is 0 Å². The minimum absolute atomic E-state index is 0.0114. The lowest BCUT2D eigenvalue weighted by Gasteiger charge is -2.34. The lowest BCUT2D eigenvalue weighted by molar-refractivity contribution is 0.0891. The van der Waals surface area contributed by atoms with E-state index >= 15 is 0 Å². The summed E-state index contributed by atoms with van der Waals surface area (Å²) in [4.78, 5) is 17.6. The molecule has 3 aromatic rings. The fraction of sp³-hybridized carbons (Fsp3) is 0.440. The summed E-state index contributed by atoms with van der Waals surface area (Å²) in [5, 5.41) is 3.27. The molecule has 1 saturated carbocycles. The summed E-state index contributed by atoms with van der Waals surface area (Å²) in [7, 11) is 0. The fourth-order valence-electron chi connectivity index (χ4n) is 4.59. The zero-order valence-corrected chi connectivity index (χ0v) is 17.9. The summed E-state index contributed by atoms with van der Waals surface area (Å²) in [5.41, 5.74) is 5.00. The molecule has 4 heteroatoms. The Balaban J connectivity index is 1.60. The van der Waals surface area contributed by atoms with E-state index in [-0.39, 0.29) is 11.9 Å². The number of nitrogens with zero attached hydrogens (tertiary/aromatic N) is 2. The van der Waals surface area contributed by atoms with Gasteiger partial charge in [-0.2, -0.15) is 0 Å². The number of carbonyl (C=O) groups is 1. The van der Waals surface area contributed by atoms with Crippen LogP contribution < -0.4 is 5.32 Å². The molecule has 2 aromatic carbocycles. The molecule has 4 nitrogen and oxygen atoms in total. The van der Waals surface area contributed by atoms with Gasteiger partial charge in [-0.15, -0.1) is 0 Å². The number of nitrogens with one attached hydrogen (secondary N) is 1. The highest BCUT2D eigenvalue weighted by Gasteiger charge is 2.28. The van der Waals surface area contributed by atoms with Gasteiger partial charge >= 0.3 is 0 Å². The van der Waals surface area contributed by atoms with Crippen LogP contribution in [0.1, 0.15) is 61.8 Å². The van der Waals surface area contributed by atoms with Crippen LogP contribution in [-0.4, -0.2) is 21.5 Å². The summed E-state index contributed by atoms with van der Waals surface area (Å²) < 4.78 is 2.15. The van der Waals surface area contributed by atoms with Gasteiger partial charge in [0.2, 0.25) is 0 Å². The summed E-state index contributed by atoms with van der Waals surface area (Å²) in [6.07, 6.45) is 4.55. The van der Waals surface area contributed by atoms with E-state index in [1.54, 1.807) is 0 Å². The molecule has 0 radical (unpaired) electrons. The van der Waals surface area contributed by atoms with Crippen molar-refractivity contribution in [3.8, 4) is 5.69 Å². The second-order valence-corrected chi connectivity index (χ2v) is 8.57. The van der Waals surface area contributed by atoms with E-state index in [1.807, 2.05) is 25.1 Å². The largest absolute Gasteiger partial charge is 0.349 e. The lowest BCUT2D eigenvalue weighted by atomic mass is 9.78. The van der Waals surface area contributed by atoms with Gasteiger partial charge in [0.05, 0.1) is 11.0 Å². The maximum Gasteiger partial charge on any atom is 0.251 e. The third-order valence-electron chi connectivity index (χ3n) is 6.71. The first-order chi connectivity index (χ1) is 14.0. The van der Waals surface area contributed by atoms with Gasteiger partial charge in [-0.3, -0.25) is 9.36 Å². The van der Waals surface area contributed by atoms with Gasteiger partial charge in [-0.1, -0.05) is 45.7 Å². The quantitative estimate of drug-likeness (QED) is 0.645. The van der Waals surface area contributed by atoms with E-state index < -0.39 is 0 Å². The minimum Gasteiger partial charge on any atom is -0.349 e. The Morgan fingerprint density at radius 1 is 1.14 bits per heavy atom. The number of hydrogen-bond donors (Lipinski definition) is 1. The molecule has 0 aliphatic heterocycles.